The summed E-state index contributed by atoms with van der Waals surface area (Å²) in [6, 6.07) is 12.1. The van der Waals surface area contributed by atoms with Gasteiger partial charge in [0.15, 0.2) is 0 Å². The van der Waals surface area contributed by atoms with Gasteiger partial charge in [0.1, 0.15) is 11.9 Å². The zero-order valence-corrected chi connectivity index (χ0v) is 16.7. The molecule has 3 heterocycles. The molecule has 7 heteroatoms. The molecule has 144 valence electrons. The molecule has 0 saturated carbocycles. The summed E-state index contributed by atoms with van der Waals surface area (Å²) < 4.78 is 4.52. The molecule has 0 radical (unpaired) electrons. The Morgan fingerprint density at radius 1 is 1.18 bits per heavy atom. The fraction of sp³-hybridized carbons (Fsp3) is 0.333. The summed E-state index contributed by atoms with van der Waals surface area (Å²) in [7, 11) is 0. The number of pyridine rings is 1. The molecule has 1 aliphatic heterocycles. The number of rotatable bonds is 6. The van der Waals surface area contributed by atoms with Crippen molar-refractivity contribution in [3.63, 3.8) is 0 Å². The lowest BCUT2D eigenvalue weighted by Crippen LogP contribution is -2.43. The minimum atomic E-state index is -0.179. The maximum atomic E-state index is 12.7. The van der Waals surface area contributed by atoms with Gasteiger partial charge in [0.05, 0.1) is 0 Å². The topological polar surface area (TPSA) is 71.0 Å². The van der Waals surface area contributed by atoms with E-state index in [2.05, 4.69) is 50.8 Å². The van der Waals surface area contributed by atoms with E-state index >= 15 is 0 Å². The number of anilines is 1. The van der Waals surface area contributed by atoms with E-state index in [-0.39, 0.29) is 11.9 Å². The SMILES string of the molecule is Cc1ccc(Cc2nsc(N3CCCC3C(=O)NCc3ccncc3)n2)cc1. The molecule has 3 aromatic rings. The Labute approximate surface area is 168 Å². The van der Waals surface area contributed by atoms with Crippen LogP contribution >= 0.6 is 11.5 Å². The highest BCUT2D eigenvalue weighted by atomic mass is 32.1. The molecule has 1 aliphatic rings. The second kappa shape index (κ2) is 8.48. The summed E-state index contributed by atoms with van der Waals surface area (Å²) in [6.45, 7) is 3.43. The fourth-order valence-corrected chi connectivity index (χ4v) is 4.16. The smallest absolute Gasteiger partial charge is 0.243 e. The molecule has 1 atom stereocenters. The predicted molar refractivity (Wildman–Crippen MR) is 110 cm³/mol. The monoisotopic (exact) mass is 393 g/mol. The first kappa shape index (κ1) is 18.6. The quantitative estimate of drug-likeness (QED) is 0.697. The largest absolute Gasteiger partial charge is 0.350 e. The average molecular weight is 394 g/mol. The van der Waals surface area contributed by atoms with E-state index in [1.807, 2.05) is 12.1 Å². The Morgan fingerprint density at radius 3 is 2.75 bits per heavy atom. The van der Waals surface area contributed by atoms with Crippen molar-refractivity contribution in [1.82, 2.24) is 19.7 Å². The van der Waals surface area contributed by atoms with Gasteiger partial charge in [0, 0.05) is 43.4 Å². The number of aryl methyl sites for hydroxylation is 1. The third-order valence-electron chi connectivity index (χ3n) is 4.96. The lowest BCUT2D eigenvalue weighted by Gasteiger charge is -2.22. The van der Waals surface area contributed by atoms with Crippen molar-refractivity contribution in [3.05, 3.63) is 71.3 Å². The van der Waals surface area contributed by atoms with Crippen LogP contribution in [-0.4, -0.2) is 32.8 Å². The van der Waals surface area contributed by atoms with Gasteiger partial charge in [-0.05, 0) is 43.0 Å². The lowest BCUT2D eigenvalue weighted by atomic mass is 10.1. The minimum Gasteiger partial charge on any atom is -0.350 e. The Kier molecular flexibility index (Phi) is 5.62. The number of nitrogens with zero attached hydrogens (tertiary/aromatic N) is 4. The van der Waals surface area contributed by atoms with Crippen LogP contribution in [0.25, 0.3) is 0 Å². The van der Waals surface area contributed by atoms with Crippen molar-refractivity contribution < 1.29 is 4.79 Å². The van der Waals surface area contributed by atoms with Crippen LogP contribution in [0, 0.1) is 6.92 Å². The molecule has 2 aromatic heterocycles. The van der Waals surface area contributed by atoms with E-state index in [0.717, 1.165) is 35.9 Å². The number of aromatic nitrogens is 3. The van der Waals surface area contributed by atoms with Crippen molar-refractivity contribution in [2.45, 2.75) is 38.8 Å². The Bertz CT molecular complexity index is 925. The summed E-state index contributed by atoms with van der Waals surface area (Å²) >= 11 is 1.38. The van der Waals surface area contributed by atoms with E-state index in [0.29, 0.717) is 13.0 Å². The van der Waals surface area contributed by atoms with Crippen LogP contribution in [0.3, 0.4) is 0 Å². The number of hydrogen-bond donors (Lipinski definition) is 1. The van der Waals surface area contributed by atoms with E-state index < -0.39 is 0 Å². The van der Waals surface area contributed by atoms with Crippen molar-refractivity contribution in [2.24, 2.45) is 0 Å². The maximum absolute atomic E-state index is 12.7. The van der Waals surface area contributed by atoms with Crippen LogP contribution in [0.2, 0.25) is 0 Å². The number of amides is 1. The van der Waals surface area contributed by atoms with Gasteiger partial charge >= 0.3 is 0 Å². The highest BCUT2D eigenvalue weighted by Gasteiger charge is 2.32. The molecule has 4 rings (SSSR count). The predicted octanol–water partition coefficient (Wildman–Crippen LogP) is 3.12. The van der Waals surface area contributed by atoms with Gasteiger partial charge in [0.25, 0.3) is 0 Å². The second-order valence-corrected chi connectivity index (χ2v) is 7.81. The first-order chi connectivity index (χ1) is 13.7. The van der Waals surface area contributed by atoms with Crippen molar-refractivity contribution in [1.29, 1.82) is 0 Å². The number of hydrogen-bond acceptors (Lipinski definition) is 6. The van der Waals surface area contributed by atoms with Crippen LogP contribution in [-0.2, 0) is 17.8 Å². The van der Waals surface area contributed by atoms with Crippen LogP contribution < -0.4 is 10.2 Å². The number of carbonyl (C=O) groups excluding carboxylic acids is 1. The fourth-order valence-electron chi connectivity index (χ4n) is 3.40. The summed E-state index contributed by atoms with van der Waals surface area (Å²) in [5, 5.41) is 3.88. The molecular formula is C21H23N5OS. The Balaban J connectivity index is 1.39. The summed E-state index contributed by atoms with van der Waals surface area (Å²) in [4.78, 5) is 23.5. The van der Waals surface area contributed by atoms with Crippen LogP contribution in [0.4, 0.5) is 5.13 Å². The Hall–Kier alpha value is -2.80. The van der Waals surface area contributed by atoms with Crippen molar-refractivity contribution >= 4 is 22.6 Å². The first-order valence-corrected chi connectivity index (χ1v) is 10.3. The van der Waals surface area contributed by atoms with Gasteiger partial charge in [-0.2, -0.15) is 4.37 Å². The van der Waals surface area contributed by atoms with E-state index in [1.54, 1.807) is 12.4 Å². The number of nitrogens with one attached hydrogen (secondary N) is 1. The van der Waals surface area contributed by atoms with Gasteiger partial charge in [-0.25, -0.2) is 4.98 Å². The molecule has 1 saturated heterocycles. The summed E-state index contributed by atoms with van der Waals surface area (Å²) in [5.41, 5.74) is 3.49. The maximum Gasteiger partial charge on any atom is 0.243 e. The van der Waals surface area contributed by atoms with Gasteiger partial charge in [-0.3, -0.25) is 9.78 Å². The lowest BCUT2D eigenvalue weighted by molar-refractivity contribution is -0.122. The van der Waals surface area contributed by atoms with Gasteiger partial charge in [-0.15, -0.1) is 0 Å². The van der Waals surface area contributed by atoms with E-state index in [1.165, 1.54) is 22.7 Å². The standard InChI is InChI=1S/C21H23N5OS/c1-15-4-6-16(7-5-15)13-19-24-21(28-25-19)26-12-2-3-18(26)20(27)23-14-17-8-10-22-11-9-17/h4-11,18H,2-3,12-14H2,1H3,(H,23,27). The molecule has 0 aliphatic carbocycles. The summed E-state index contributed by atoms with van der Waals surface area (Å²) in [6.07, 6.45) is 6.01. The molecule has 1 fully saturated rings. The molecule has 1 amide bonds. The first-order valence-electron chi connectivity index (χ1n) is 9.50. The van der Waals surface area contributed by atoms with Gasteiger partial charge in [-0.1, -0.05) is 29.8 Å². The number of benzene rings is 1. The summed E-state index contributed by atoms with van der Waals surface area (Å²) in [5.74, 6) is 0.858. The van der Waals surface area contributed by atoms with Gasteiger partial charge < -0.3 is 10.2 Å². The van der Waals surface area contributed by atoms with E-state index in [9.17, 15) is 4.79 Å². The number of carbonyl (C=O) groups is 1. The zero-order chi connectivity index (χ0) is 19.3. The van der Waals surface area contributed by atoms with Crippen LogP contribution in [0.5, 0.6) is 0 Å². The van der Waals surface area contributed by atoms with Crippen LogP contribution in [0.1, 0.15) is 35.4 Å². The molecule has 0 bridgehead atoms. The third kappa shape index (κ3) is 4.36. The van der Waals surface area contributed by atoms with Crippen LogP contribution in [0.15, 0.2) is 48.8 Å². The zero-order valence-electron chi connectivity index (χ0n) is 15.8. The molecule has 1 N–H and O–H groups in total. The average Bonchev–Trinajstić information content (AvgIpc) is 3.38. The van der Waals surface area contributed by atoms with Gasteiger partial charge in [0.2, 0.25) is 11.0 Å². The molecular weight excluding hydrogens is 370 g/mol. The molecule has 1 aromatic carbocycles. The molecule has 28 heavy (non-hydrogen) atoms. The normalized spacial score (nSPS) is 16.3. The Morgan fingerprint density at radius 2 is 1.96 bits per heavy atom. The highest BCUT2D eigenvalue weighted by Crippen LogP contribution is 2.27. The van der Waals surface area contributed by atoms with Crippen molar-refractivity contribution in [2.75, 3.05) is 11.4 Å². The minimum absolute atomic E-state index is 0.0459. The second-order valence-electron chi connectivity index (χ2n) is 7.08. The van der Waals surface area contributed by atoms with Crippen molar-refractivity contribution in [3.8, 4) is 0 Å². The molecule has 1 unspecified atom stereocenters. The third-order valence-corrected chi connectivity index (χ3v) is 5.75. The van der Waals surface area contributed by atoms with E-state index in [4.69, 9.17) is 4.98 Å². The highest BCUT2D eigenvalue weighted by molar-refractivity contribution is 7.09. The molecule has 0 spiro atoms. The molecule has 6 nitrogen and oxygen atoms in total.